The summed E-state index contributed by atoms with van der Waals surface area (Å²) in [6.07, 6.45) is 4.55. The Labute approximate surface area is 266 Å². The van der Waals surface area contributed by atoms with Crippen molar-refractivity contribution >= 4 is 29.5 Å². The van der Waals surface area contributed by atoms with Crippen molar-refractivity contribution < 1.29 is 33.8 Å². The summed E-state index contributed by atoms with van der Waals surface area (Å²) in [5.74, 6) is -2.38. The molecule has 0 aliphatic carbocycles. The van der Waals surface area contributed by atoms with Crippen LogP contribution in [0.1, 0.15) is 84.5 Å². The Hall–Kier alpha value is -3.78. The summed E-state index contributed by atoms with van der Waals surface area (Å²) in [5, 5.41) is 37.6. The van der Waals surface area contributed by atoms with Crippen molar-refractivity contribution in [3.63, 3.8) is 0 Å². The highest BCUT2D eigenvalue weighted by molar-refractivity contribution is 5.98. The Balaban J connectivity index is 2.95. The van der Waals surface area contributed by atoms with E-state index in [0.29, 0.717) is 37.0 Å². The number of pyridine rings is 1. The van der Waals surface area contributed by atoms with Crippen LogP contribution >= 0.6 is 0 Å². The standard InChI is InChI=1S/C31H53N7O7/c1-8-11-24(35-31(44)26(20(6)9-2)37-28(41)22-12-14-38(45)15-13-22)30(43)34-23(16-19(4)5)17-33-21(7)27(40)36-25(18-39)29(42)32-10-3/h12-15,19-21,23-26,33,39H,8-11,16-18H2,1-7H3,(H,32,42)(H,34,43)(H,35,44)(H,36,40)(H,37,41)/t20-,21-,23-,24-,25-,26-/m0/s1. The predicted molar refractivity (Wildman–Crippen MR) is 170 cm³/mol. The summed E-state index contributed by atoms with van der Waals surface area (Å²) < 4.78 is 0.558. The van der Waals surface area contributed by atoms with E-state index in [-0.39, 0.29) is 35.9 Å². The molecule has 0 aromatic carbocycles. The molecule has 254 valence electrons. The molecule has 0 fully saturated rings. The molecule has 0 aliphatic heterocycles. The Bertz CT molecular complexity index is 1100. The highest BCUT2D eigenvalue weighted by Crippen LogP contribution is 2.12. The highest BCUT2D eigenvalue weighted by Gasteiger charge is 2.31. The van der Waals surface area contributed by atoms with Gasteiger partial charge in [-0.05, 0) is 38.5 Å². The maximum absolute atomic E-state index is 13.5. The lowest BCUT2D eigenvalue weighted by atomic mass is 9.97. The van der Waals surface area contributed by atoms with Gasteiger partial charge in [0.25, 0.3) is 5.91 Å². The molecule has 0 saturated heterocycles. The van der Waals surface area contributed by atoms with Gasteiger partial charge in [-0.15, -0.1) is 0 Å². The first-order valence-corrected chi connectivity index (χ1v) is 15.8. The molecule has 1 rings (SSSR count). The maximum atomic E-state index is 13.5. The van der Waals surface area contributed by atoms with Gasteiger partial charge in [0, 0.05) is 31.3 Å². The van der Waals surface area contributed by atoms with Gasteiger partial charge in [-0.2, -0.15) is 4.73 Å². The van der Waals surface area contributed by atoms with E-state index in [1.807, 2.05) is 34.6 Å². The molecule has 0 bridgehead atoms. The lowest BCUT2D eigenvalue weighted by Crippen LogP contribution is -2.58. The molecule has 0 aliphatic rings. The van der Waals surface area contributed by atoms with Crippen LogP contribution in [0.15, 0.2) is 24.5 Å². The number of hydrogen-bond acceptors (Lipinski definition) is 8. The molecular weight excluding hydrogens is 582 g/mol. The fraction of sp³-hybridized carbons (Fsp3) is 0.677. The third kappa shape index (κ3) is 13.8. The van der Waals surface area contributed by atoms with E-state index in [0.717, 1.165) is 0 Å². The summed E-state index contributed by atoms with van der Waals surface area (Å²) in [4.78, 5) is 64.5. The van der Waals surface area contributed by atoms with Crippen LogP contribution in [0.2, 0.25) is 0 Å². The fourth-order valence-electron chi connectivity index (χ4n) is 4.57. The van der Waals surface area contributed by atoms with Gasteiger partial charge in [0.15, 0.2) is 12.4 Å². The van der Waals surface area contributed by atoms with Crippen molar-refractivity contribution in [2.75, 3.05) is 19.7 Å². The Morgan fingerprint density at radius 2 is 1.47 bits per heavy atom. The van der Waals surface area contributed by atoms with Gasteiger partial charge in [0.2, 0.25) is 23.6 Å². The zero-order valence-electron chi connectivity index (χ0n) is 27.6. The van der Waals surface area contributed by atoms with Crippen LogP contribution in [0.4, 0.5) is 0 Å². The second-order valence-corrected chi connectivity index (χ2v) is 11.7. The maximum Gasteiger partial charge on any atom is 0.252 e. The van der Waals surface area contributed by atoms with Crippen LogP contribution in [0.3, 0.4) is 0 Å². The molecule has 1 heterocycles. The smallest absolute Gasteiger partial charge is 0.252 e. The largest absolute Gasteiger partial charge is 0.619 e. The second kappa shape index (κ2) is 20.3. The van der Waals surface area contributed by atoms with Crippen molar-refractivity contribution in [1.29, 1.82) is 0 Å². The number of likely N-dealkylation sites (N-methyl/N-ethyl adjacent to an activating group) is 1. The van der Waals surface area contributed by atoms with E-state index in [9.17, 15) is 34.3 Å². The summed E-state index contributed by atoms with van der Waals surface area (Å²) in [6.45, 7) is 13.0. The van der Waals surface area contributed by atoms with E-state index in [1.165, 1.54) is 24.5 Å². The molecule has 1 aromatic heterocycles. The number of aromatic nitrogens is 1. The Morgan fingerprint density at radius 3 is 2.00 bits per heavy atom. The van der Waals surface area contributed by atoms with Gasteiger partial charge in [-0.1, -0.05) is 47.5 Å². The third-order valence-electron chi connectivity index (χ3n) is 7.39. The molecule has 6 atom stereocenters. The van der Waals surface area contributed by atoms with Crippen molar-refractivity contribution in [2.45, 2.75) is 104 Å². The third-order valence-corrected chi connectivity index (χ3v) is 7.39. The minimum Gasteiger partial charge on any atom is -0.619 e. The number of nitrogens with zero attached hydrogens (tertiary/aromatic N) is 1. The Kier molecular flexibility index (Phi) is 17.7. The minimum absolute atomic E-state index is 0.205. The molecule has 45 heavy (non-hydrogen) atoms. The van der Waals surface area contributed by atoms with Crippen LogP contribution in [0, 0.1) is 17.0 Å². The van der Waals surface area contributed by atoms with Crippen LogP contribution < -0.4 is 36.6 Å². The van der Waals surface area contributed by atoms with Crippen molar-refractivity contribution in [3.8, 4) is 0 Å². The molecule has 14 nitrogen and oxygen atoms in total. The van der Waals surface area contributed by atoms with E-state index in [1.54, 1.807) is 13.8 Å². The monoisotopic (exact) mass is 635 g/mol. The van der Waals surface area contributed by atoms with Crippen LogP contribution in [0.5, 0.6) is 0 Å². The lowest BCUT2D eigenvalue weighted by Gasteiger charge is -2.28. The highest BCUT2D eigenvalue weighted by atomic mass is 16.5. The number of amides is 5. The van der Waals surface area contributed by atoms with Crippen LogP contribution in [-0.4, -0.2) is 84.5 Å². The quantitative estimate of drug-likeness (QED) is 0.0758. The first-order valence-electron chi connectivity index (χ1n) is 15.8. The lowest BCUT2D eigenvalue weighted by molar-refractivity contribution is -0.605. The van der Waals surface area contributed by atoms with E-state index in [2.05, 4.69) is 31.9 Å². The summed E-state index contributed by atoms with van der Waals surface area (Å²) in [5.41, 5.74) is 0.231. The zero-order valence-corrected chi connectivity index (χ0v) is 27.6. The number of rotatable bonds is 20. The molecule has 0 saturated carbocycles. The number of carbonyl (C=O) groups excluding carboxylic acids is 5. The van der Waals surface area contributed by atoms with Crippen molar-refractivity contribution in [3.05, 3.63) is 35.3 Å². The molecule has 1 aromatic rings. The zero-order chi connectivity index (χ0) is 34.1. The van der Waals surface area contributed by atoms with Gasteiger partial charge >= 0.3 is 0 Å². The number of aliphatic hydroxyl groups is 1. The molecule has 14 heteroatoms. The van der Waals surface area contributed by atoms with Crippen molar-refractivity contribution in [1.82, 2.24) is 31.9 Å². The van der Waals surface area contributed by atoms with Gasteiger partial charge < -0.3 is 42.2 Å². The first kappa shape index (κ1) is 39.2. The van der Waals surface area contributed by atoms with Gasteiger partial charge in [0.05, 0.1) is 18.2 Å². The van der Waals surface area contributed by atoms with Crippen molar-refractivity contribution in [2.24, 2.45) is 11.8 Å². The number of carbonyl (C=O) groups is 5. The SMILES string of the molecule is CCC[C@H](NC(=O)[C@@H](NC(=O)c1cc[n+]([O-])cc1)[C@@H](C)CC)C(=O)N[C@H](CN[C@@H](C)C(=O)N[C@@H](CO)C(=O)NCC)CC(C)C. The first-order chi connectivity index (χ1) is 21.3. The van der Waals surface area contributed by atoms with Gasteiger partial charge in [-0.25, -0.2) is 0 Å². The van der Waals surface area contributed by atoms with Gasteiger partial charge in [0.1, 0.15) is 18.1 Å². The molecule has 0 unspecified atom stereocenters. The Morgan fingerprint density at radius 1 is 0.844 bits per heavy atom. The van der Waals surface area contributed by atoms with E-state index >= 15 is 0 Å². The van der Waals surface area contributed by atoms with Gasteiger partial charge in [-0.3, -0.25) is 24.0 Å². The van der Waals surface area contributed by atoms with Crippen LogP contribution in [-0.2, 0) is 19.2 Å². The minimum atomic E-state index is -1.08. The number of aliphatic hydroxyl groups excluding tert-OH is 1. The average Bonchev–Trinajstić information content (AvgIpc) is 3.00. The fourth-order valence-corrected chi connectivity index (χ4v) is 4.57. The molecule has 0 spiro atoms. The normalized spacial score (nSPS) is 15.1. The molecular formula is C31H53N7O7. The second-order valence-electron chi connectivity index (χ2n) is 11.7. The summed E-state index contributed by atoms with van der Waals surface area (Å²) in [6, 6.07) is -1.23. The summed E-state index contributed by atoms with van der Waals surface area (Å²) in [7, 11) is 0. The molecule has 0 radical (unpaired) electrons. The topological polar surface area (TPSA) is 205 Å². The van der Waals surface area contributed by atoms with Crippen LogP contribution in [0.25, 0.3) is 0 Å². The number of hydrogen-bond donors (Lipinski definition) is 7. The molecule has 5 amide bonds. The molecule has 7 N–H and O–H groups in total. The van der Waals surface area contributed by atoms with E-state index < -0.39 is 54.4 Å². The predicted octanol–water partition coefficient (Wildman–Crippen LogP) is -0.128. The number of nitrogens with one attached hydrogen (secondary N) is 6. The summed E-state index contributed by atoms with van der Waals surface area (Å²) >= 11 is 0. The average molecular weight is 636 g/mol. The van der Waals surface area contributed by atoms with E-state index in [4.69, 9.17) is 0 Å².